The lowest BCUT2D eigenvalue weighted by Crippen LogP contribution is -2.28. The zero-order valence-electron chi connectivity index (χ0n) is 27.5. The molecule has 1 aromatic heterocycles. The van der Waals surface area contributed by atoms with Crippen molar-refractivity contribution in [2.75, 3.05) is 0 Å². The molecule has 234 valence electrons. The molecule has 1 aliphatic carbocycles. The average molecular weight is 636 g/mol. The zero-order valence-corrected chi connectivity index (χ0v) is 27.5. The molecule has 0 radical (unpaired) electrons. The van der Waals surface area contributed by atoms with Crippen LogP contribution in [-0.2, 0) is 5.41 Å². The molecule has 8 aromatic carbocycles. The maximum atomic E-state index is 2.47. The highest BCUT2D eigenvalue weighted by atomic mass is 15.0. The number of hydrogen-bond donors (Lipinski definition) is 0. The van der Waals surface area contributed by atoms with E-state index in [0.29, 0.717) is 0 Å². The minimum absolute atomic E-state index is 0.507. The summed E-state index contributed by atoms with van der Waals surface area (Å²) in [6.07, 6.45) is 0. The summed E-state index contributed by atoms with van der Waals surface area (Å²) < 4.78 is 2.46. The summed E-state index contributed by atoms with van der Waals surface area (Å²) in [6, 6.07) is 73.5. The van der Waals surface area contributed by atoms with Gasteiger partial charge in [0.05, 0.1) is 16.4 Å². The Morgan fingerprint density at radius 1 is 0.340 bits per heavy atom. The third-order valence-corrected chi connectivity index (χ3v) is 10.7. The molecule has 50 heavy (non-hydrogen) atoms. The van der Waals surface area contributed by atoms with Crippen LogP contribution in [0.1, 0.15) is 22.3 Å². The normalized spacial score (nSPS) is 13.0. The van der Waals surface area contributed by atoms with E-state index in [2.05, 4.69) is 205 Å². The number of rotatable bonds is 5. The number of nitrogens with zero attached hydrogens (tertiary/aromatic N) is 1. The molecule has 0 saturated heterocycles. The molecule has 0 N–H and O–H groups in total. The predicted octanol–water partition coefficient (Wildman–Crippen LogP) is 12.5. The molecule has 1 heteroatoms. The zero-order chi connectivity index (χ0) is 33.1. The first-order chi connectivity index (χ1) is 24.8. The molecule has 0 fully saturated rings. The van der Waals surface area contributed by atoms with Crippen molar-refractivity contribution in [1.29, 1.82) is 0 Å². The van der Waals surface area contributed by atoms with E-state index in [1.807, 2.05) is 0 Å². The Bertz CT molecular complexity index is 2630. The highest BCUT2D eigenvalue weighted by Gasteiger charge is 2.47. The lowest BCUT2D eigenvalue weighted by molar-refractivity contribution is 0.767. The molecule has 0 aliphatic heterocycles. The van der Waals surface area contributed by atoms with Gasteiger partial charge in [-0.1, -0.05) is 170 Å². The van der Waals surface area contributed by atoms with E-state index in [4.69, 9.17) is 0 Å². The summed E-state index contributed by atoms with van der Waals surface area (Å²) in [4.78, 5) is 0. The van der Waals surface area contributed by atoms with Crippen LogP contribution < -0.4 is 0 Å². The monoisotopic (exact) mass is 635 g/mol. The lowest BCUT2D eigenvalue weighted by Gasteiger charge is -2.34. The molecule has 10 rings (SSSR count). The van der Waals surface area contributed by atoms with Gasteiger partial charge in [-0.05, 0) is 86.0 Å². The molecule has 1 nitrogen and oxygen atoms in total. The summed E-state index contributed by atoms with van der Waals surface area (Å²) >= 11 is 0. The van der Waals surface area contributed by atoms with Crippen LogP contribution in [0.2, 0.25) is 0 Å². The Morgan fingerprint density at radius 3 is 1.64 bits per heavy atom. The van der Waals surface area contributed by atoms with Crippen LogP contribution >= 0.6 is 0 Å². The molecule has 9 aromatic rings. The van der Waals surface area contributed by atoms with Gasteiger partial charge in [-0.25, -0.2) is 0 Å². The van der Waals surface area contributed by atoms with Crippen LogP contribution in [0, 0.1) is 0 Å². The summed E-state index contributed by atoms with van der Waals surface area (Å²) in [6.45, 7) is 0. The molecule has 0 atom stereocenters. The van der Waals surface area contributed by atoms with Crippen molar-refractivity contribution in [3.05, 3.63) is 222 Å². The quantitative estimate of drug-likeness (QED) is 0.177. The Labute approximate surface area is 292 Å². The van der Waals surface area contributed by atoms with Crippen molar-refractivity contribution in [2.45, 2.75) is 5.41 Å². The highest BCUT2D eigenvalue weighted by Crippen LogP contribution is 2.58. The van der Waals surface area contributed by atoms with Crippen LogP contribution in [-0.4, -0.2) is 4.57 Å². The smallest absolute Gasteiger partial charge is 0.0714 e. The van der Waals surface area contributed by atoms with E-state index in [0.717, 1.165) is 5.69 Å². The SMILES string of the molecule is c1ccc(-c2ccc3c(c2)c2ccccc2n3-c2ccc3c(c2)C(c2ccccc2)(c2ccccc2)c2cccc(-c4ccccc4)c2-3)cc1. The van der Waals surface area contributed by atoms with Crippen LogP contribution in [0.15, 0.2) is 200 Å². The van der Waals surface area contributed by atoms with Gasteiger partial charge in [-0.3, -0.25) is 0 Å². The summed E-state index contributed by atoms with van der Waals surface area (Å²) in [5.74, 6) is 0. The summed E-state index contributed by atoms with van der Waals surface area (Å²) in [5, 5.41) is 2.52. The lowest BCUT2D eigenvalue weighted by atomic mass is 9.67. The largest absolute Gasteiger partial charge is 0.309 e. The summed E-state index contributed by atoms with van der Waals surface area (Å²) in [7, 11) is 0. The Hall–Kier alpha value is -6.44. The minimum Gasteiger partial charge on any atom is -0.309 e. The molecule has 0 bridgehead atoms. The molecular weight excluding hydrogens is 603 g/mol. The maximum absolute atomic E-state index is 2.47. The molecule has 0 spiro atoms. The first kappa shape index (κ1) is 28.6. The first-order valence-corrected chi connectivity index (χ1v) is 17.4. The van der Waals surface area contributed by atoms with Gasteiger partial charge in [0, 0.05) is 16.5 Å². The van der Waals surface area contributed by atoms with Gasteiger partial charge in [0.1, 0.15) is 0 Å². The second-order valence-corrected chi connectivity index (χ2v) is 13.3. The molecule has 0 saturated carbocycles. The second-order valence-electron chi connectivity index (χ2n) is 13.3. The van der Waals surface area contributed by atoms with Gasteiger partial charge in [-0.15, -0.1) is 0 Å². The molecule has 1 aliphatic rings. The van der Waals surface area contributed by atoms with Crippen molar-refractivity contribution in [3.63, 3.8) is 0 Å². The third-order valence-electron chi connectivity index (χ3n) is 10.7. The average Bonchev–Trinajstić information content (AvgIpc) is 3.69. The fourth-order valence-corrected chi connectivity index (χ4v) is 8.58. The molecule has 0 unspecified atom stereocenters. The highest BCUT2D eigenvalue weighted by molar-refractivity contribution is 6.10. The second kappa shape index (κ2) is 11.3. The third kappa shape index (κ3) is 4.14. The molecule has 0 amide bonds. The summed E-state index contributed by atoms with van der Waals surface area (Å²) in [5.41, 5.74) is 15.8. The number of hydrogen-bond acceptors (Lipinski definition) is 0. The van der Waals surface area contributed by atoms with Crippen molar-refractivity contribution in [1.82, 2.24) is 4.57 Å². The molecule has 1 heterocycles. The van der Waals surface area contributed by atoms with Crippen molar-refractivity contribution in [3.8, 4) is 39.1 Å². The molecular formula is C49H33N. The fourth-order valence-electron chi connectivity index (χ4n) is 8.58. The van der Waals surface area contributed by atoms with Gasteiger partial charge in [0.25, 0.3) is 0 Å². The van der Waals surface area contributed by atoms with Gasteiger partial charge in [-0.2, -0.15) is 0 Å². The van der Waals surface area contributed by atoms with Crippen molar-refractivity contribution < 1.29 is 0 Å². The topological polar surface area (TPSA) is 4.93 Å². The van der Waals surface area contributed by atoms with Crippen molar-refractivity contribution >= 4 is 21.8 Å². The van der Waals surface area contributed by atoms with Crippen LogP contribution in [0.5, 0.6) is 0 Å². The van der Waals surface area contributed by atoms with Crippen molar-refractivity contribution in [2.24, 2.45) is 0 Å². The maximum Gasteiger partial charge on any atom is 0.0714 e. The Morgan fingerprint density at radius 2 is 0.940 bits per heavy atom. The van der Waals surface area contributed by atoms with E-state index in [1.54, 1.807) is 0 Å². The van der Waals surface area contributed by atoms with E-state index in [1.165, 1.54) is 77.4 Å². The van der Waals surface area contributed by atoms with Crippen LogP contribution in [0.4, 0.5) is 0 Å². The minimum atomic E-state index is -0.507. The number of fused-ring (bicyclic) bond motifs is 6. The Kier molecular flexibility index (Phi) is 6.47. The fraction of sp³-hybridized carbons (Fsp3) is 0.0204. The van der Waals surface area contributed by atoms with E-state index in [9.17, 15) is 0 Å². The standard InChI is InChI=1S/C49H33N/c1-5-16-34(17-6-1)36-28-31-47-43(32-36)41-24-13-14-27-46(41)50(47)39-29-30-42-45(33-39)49(37-20-9-3-10-21-37,38-22-11-4-12-23-38)44-26-15-25-40(48(42)44)35-18-7-2-8-19-35/h1-33H. The van der Waals surface area contributed by atoms with E-state index < -0.39 is 5.41 Å². The predicted molar refractivity (Wildman–Crippen MR) is 209 cm³/mol. The van der Waals surface area contributed by atoms with Crippen LogP contribution in [0.25, 0.3) is 60.9 Å². The number of para-hydroxylation sites is 1. The number of benzene rings is 8. The van der Waals surface area contributed by atoms with Gasteiger partial charge in [0.15, 0.2) is 0 Å². The van der Waals surface area contributed by atoms with E-state index >= 15 is 0 Å². The number of aromatic nitrogens is 1. The van der Waals surface area contributed by atoms with Crippen LogP contribution in [0.3, 0.4) is 0 Å². The Balaban J connectivity index is 1.30. The van der Waals surface area contributed by atoms with E-state index in [-0.39, 0.29) is 0 Å². The van der Waals surface area contributed by atoms with Gasteiger partial charge in [0.2, 0.25) is 0 Å². The van der Waals surface area contributed by atoms with Gasteiger partial charge < -0.3 is 4.57 Å². The van der Waals surface area contributed by atoms with Gasteiger partial charge >= 0.3 is 0 Å². The first-order valence-electron chi connectivity index (χ1n) is 17.4.